The third kappa shape index (κ3) is 5.20. The van der Waals surface area contributed by atoms with Crippen molar-refractivity contribution in [3.8, 4) is 11.5 Å². The van der Waals surface area contributed by atoms with Crippen LogP contribution in [0, 0.1) is 6.92 Å². The van der Waals surface area contributed by atoms with Gasteiger partial charge in [0.1, 0.15) is 11.5 Å². The standard InChI is InChI=1S/C25H24N2O6S/c1-16-6-8-18(33-16)9-11-25(29)32-15-24(28)27-20(14-19(26-27)23-5-4-12-34-23)17-7-10-21(30-2)22(13-17)31-3/h4-13,20H,14-15H2,1-3H3. The largest absolute Gasteiger partial charge is 0.493 e. The van der Waals surface area contributed by atoms with Gasteiger partial charge >= 0.3 is 5.97 Å². The van der Waals surface area contributed by atoms with Gasteiger partial charge in [-0.3, -0.25) is 4.79 Å². The second kappa shape index (κ2) is 10.4. The van der Waals surface area contributed by atoms with Gasteiger partial charge in [0.05, 0.1) is 30.9 Å². The van der Waals surface area contributed by atoms with E-state index in [4.69, 9.17) is 18.6 Å². The molecule has 1 atom stereocenters. The van der Waals surface area contributed by atoms with Crippen LogP contribution in [-0.2, 0) is 14.3 Å². The lowest BCUT2D eigenvalue weighted by Crippen LogP contribution is -2.31. The highest BCUT2D eigenvalue weighted by Gasteiger charge is 2.34. The van der Waals surface area contributed by atoms with Gasteiger partial charge in [-0.1, -0.05) is 12.1 Å². The van der Waals surface area contributed by atoms with Crippen LogP contribution in [0.4, 0.5) is 0 Å². The molecule has 9 heteroatoms. The average molecular weight is 481 g/mol. The molecule has 3 aromatic rings. The molecule has 1 aliphatic rings. The second-order valence-electron chi connectivity index (χ2n) is 7.49. The van der Waals surface area contributed by atoms with Crippen molar-refractivity contribution in [1.82, 2.24) is 5.01 Å². The van der Waals surface area contributed by atoms with E-state index in [2.05, 4.69) is 5.10 Å². The van der Waals surface area contributed by atoms with Crippen LogP contribution in [0.1, 0.15) is 34.4 Å². The Bertz CT molecular complexity index is 1230. The highest BCUT2D eigenvalue weighted by molar-refractivity contribution is 7.12. The highest BCUT2D eigenvalue weighted by atomic mass is 32.1. The average Bonchev–Trinajstić information content (AvgIpc) is 3.61. The predicted molar refractivity (Wildman–Crippen MR) is 128 cm³/mol. The van der Waals surface area contributed by atoms with E-state index < -0.39 is 18.5 Å². The lowest BCUT2D eigenvalue weighted by molar-refractivity contribution is -0.149. The predicted octanol–water partition coefficient (Wildman–Crippen LogP) is 4.60. The van der Waals surface area contributed by atoms with Gasteiger partial charge in [-0.25, -0.2) is 9.80 Å². The first-order valence-corrected chi connectivity index (χ1v) is 11.4. The van der Waals surface area contributed by atoms with E-state index in [1.165, 1.54) is 17.2 Å². The quantitative estimate of drug-likeness (QED) is 0.346. The SMILES string of the molecule is COc1ccc(C2CC(c3cccs3)=NN2C(=O)COC(=O)C=Cc2ccc(C)o2)cc1OC. The number of carbonyl (C=O) groups is 2. The molecule has 0 aliphatic carbocycles. The number of rotatable bonds is 8. The van der Waals surface area contributed by atoms with Crippen LogP contribution in [0.2, 0.25) is 0 Å². The van der Waals surface area contributed by atoms with E-state index in [1.54, 1.807) is 43.8 Å². The molecular formula is C25H24N2O6S. The number of esters is 1. The van der Waals surface area contributed by atoms with Crippen LogP contribution in [0.5, 0.6) is 11.5 Å². The lowest BCUT2D eigenvalue weighted by atomic mass is 10.0. The number of thiophene rings is 1. The minimum Gasteiger partial charge on any atom is -0.493 e. The maximum atomic E-state index is 13.1. The molecule has 2 aromatic heterocycles. The van der Waals surface area contributed by atoms with E-state index >= 15 is 0 Å². The van der Waals surface area contributed by atoms with E-state index in [-0.39, 0.29) is 6.04 Å². The fourth-order valence-electron chi connectivity index (χ4n) is 3.59. The number of amides is 1. The van der Waals surface area contributed by atoms with Crippen molar-refractivity contribution in [2.45, 2.75) is 19.4 Å². The Balaban J connectivity index is 1.50. The van der Waals surface area contributed by atoms with Crippen LogP contribution in [-0.4, -0.2) is 43.4 Å². The summed E-state index contributed by atoms with van der Waals surface area (Å²) in [5.74, 6) is 1.33. The Morgan fingerprint density at radius 2 is 2.00 bits per heavy atom. The van der Waals surface area contributed by atoms with Crippen molar-refractivity contribution in [3.05, 3.63) is 75.9 Å². The van der Waals surface area contributed by atoms with E-state index in [1.807, 2.05) is 36.6 Å². The van der Waals surface area contributed by atoms with Crippen molar-refractivity contribution in [1.29, 1.82) is 0 Å². The molecule has 0 spiro atoms. The van der Waals surface area contributed by atoms with Crippen molar-refractivity contribution in [2.24, 2.45) is 5.10 Å². The maximum Gasteiger partial charge on any atom is 0.331 e. The molecule has 34 heavy (non-hydrogen) atoms. The highest BCUT2D eigenvalue weighted by Crippen LogP contribution is 2.37. The summed E-state index contributed by atoms with van der Waals surface area (Å²) in [6.45, 7) is 1.37. The van der Waals surface area contributed by atoms with E-state index in [0.717, 1.165) is 21.9 Å². The summed E-state index contributed by atoms with van der Waals surface area (Å²) in [7, 11) is 3.13. The monoisotopic (exact) mass is 480 g/mol. The zero-order valence-corrected chi connectivity index (χ0v) is 19.8. The summed E-state index contributed by atoms with van der Waals surface area (Å²) in [5, 5.41) is 7.91. The molecule has 1 aromatic carbocycles. The van der Waals surface area contributed by atoms with Gasteiger partial charge in [0.25, 0.3) is 5.91 Å². The third-order valence-corrected chi connectivity index (χ3v) is 6.17. The molecule has 0 saturated heterocycles. The Labute approximate surface area is 201 Å². The van der Waals surface area contributed by atoms with Gasteiger partial charge in [0, 0.05) is 12.5 Å². The molecule has 3 heterocycles. The van der Waals surface area contributed by atoms with Gasteiger partial charge in [-0.05, 0) is 54.3 Å². The molecule has 0 bridgehead atoms. The molecule has 4 rings (SSSR count). The number of methoxy groups -OCH3 is 2. The number of hydrogen-bond donors (Lipinski definition) is 0. The van der Waals surface area contributed by atoms with Crippen molar-refractivity contribution in [2.75, 3.05) is 20.8 Å². The number of hydrogen-bond acceptors (Lipinski definition) is 8. The number of aryl methyl sites for hydroxylation is 1. The Kier molecular flexibility index (Phi) is 7.12. The number of benzene rings is 1. The summed E-state index contributed by atoms with van der Waals surface area (Å²) < 4.78 is 21.3. The normalized spacial score (nSPS) is 15.4. The topological polar surface area (TPSA) is 90.6 Å². The zero-order chi connectivity index (χ0) is 24.1. The zero-order valence-electron chi connectivity index (χ0n) is 19.0. The minimum absolute atomic E-state index is 0.371. The molecule has 176 valence electrons. The molecule has 0 radical (unpaired) electrons. The molecule has 0 fully saturated rings. The first-order chi connectivity index (χ1) is 16.5. The van der Waals surface area contributed by atoms with Crippen LogP contribution in [0.3, 0.4) is 0 Å². The molecule has 1 amide bonds. The van der Waals surface area contributed by atoms with Crippen LogP contribution >= 0.6 is 11.3 Å². The first-order valence-electron chi connectivity index (χ1n) is 10.5. The number of hydrazone groups is 1. The summed E-state index contributed by atoms with van der Waals surface area (Å²) in [6, 6.07) is 12.6. The van der Waals surface area contributed by atoms with Crippen molar-refractivity contribution >= 4 is 35.0 Å². The number of furan rings is 1. The molecule has 0 N–H and O–H groups in total. The Morgan fingerprint density at radius 3 is 2.68 bits per heavy atom. The molecule has 1 unspecified atom stereocenters. The first kappa shape index (κ1) is 23.3. The number of nitrogens with zero attached hydrogens (tertiary/aromatic N) is 2. The fourth-order valence-corrected chi connectivity index (χ4v) is 4.31. The third-order valence-electron chi connectivity index (χ3n) is 5.25. The van der Waals surface area contributed by atoms with E-state index in [0.29, 0.717) is 23.7 Å². The fraction of sp³-hybridized carbons (Fsp3) is 0.240. The summed E-state index contributed by atoms with van der Waals surface area (Å²) in [4.78, 5) is 26.1. The van der Waals surface area contributed by atoms with Gasteiger partial charge in [-0.2, -0.15) is 5.10 Å². The second-order valence-corrected chi connectivity index (χ2v) is 8.43. The van der Waals surface area contributed by atoms with E-state index in [9.17, 15) is 9.59 Å². The number of ether oxygens (including phenoxy) is 3. The Hall–Kier alpha value is -3.85. The van der Waals surface area contributed by atoms with Gasteiger partial charge < -0.3 is 18.6 Å². The van der Waals surface area contributed by atoms with Crippen LogP contribution in [0.15, 0.2) is 63.4 Å². The smallest absolute Gasteiger partial charge is 0.331 e. The lowest BCUT2D eigenvalue weighted by Gasteiger charge is -2.22. The summed E-state index contributed by atoms with van der Waals surface area (Å²) >= 11 is 1.55. The number of carbonyl (C=O) groups excluding carboxylic acids is 2. The molecule has 0 saturated carbocycles. The van der Waals surface area contributed by atoms with Crippen molar-refractivity contribution in [3.63, 3.8) is 0 Å². The van der Waals surface area contributed by atoms with Crippen LogP contribution < -0.4 is 9.47 Å². The minimum atomic E-state index is -0.647. The molecular weight excluding hydrogens is 456 g/mol. The van der Waals surface area contributed by atoms with Gasteiger partial charge in [-0.15, -0.1) is 11.3 Å². The maximum absolute atomic E-state index is 13.1. The summed E-state index contributed by atoms with van der Waals surface area (Å²) in [5.41, 5.74) is 1.63. The van der Waals surface area contributed by atoms with Gasteiger partial charge in [0.15, 0.2) is 18.1 Å². The Morgan fingerprint density at radius 1 is 1.18 bits per heavy atom. The van der Waals surface area contributed by atoms with Crippen molar-refractivity contribution < 1.29 is 28.2 Å². The molecule has 1 aliphatic heterocycles. The summed E-state index contributed by atoms with van der Waals surface area (Å²) in [6.07, 6.45) is 3.24. The molecule has 8 nitrogen and oxygen atoms in total. The van der Waals surface area contributed by atoms with Gasteiger partial charge in [0.2, 0.25) is 0 Å². The van der Waals surface area contributed by atoms with Crippen LogP contribution in [0.25, 0.3) is 6.08 Å².